The molecule has 6 heteroatoms. The van der Waals surface area contributed by atoms with Gasteiger partial charge in [0.1, 0.15) is 11.6 Å². The molecule has 0 fully saturated rings. The molecule has 0 saturated carbocycles. The summed E-state index contributed by atoms with van der Waals surface area (Å²) < 4.78 is 43.3. The molecule has 1 heterocycles. The number of benzene rings is 2. The van der Waals surface area contributed by atoms with Gasteiger partial charge < -0.3 is 4.74 Å². The van der Waals surface area contributed by atoms with E-state index in [0.717, 1.165) is 23.1 Å². The van der Waals surface area contributed by atoms with Crippen molar-refractivity contribution in [2.24, 2.45) is 0 Å². The van der Waals surface area contributed by atoms with Crippen LogP contribution < -0.4 is 4.74 Å². The smallest absolute Gasteiger partial charge is 0.387 e. The largest absolute Gasteiger partial charge is 0.434 e. The monoisotopic (exact) mass is 337 g/mol. The first kappa shape index (κ1) is 15.6. The van der Waals surface area contributed by atoms with Gasteiger partial charge in [-0.1, -0.05) is 29.8 Å². The molecule has 0 aliphatic carbocycles. The van der Waals surface area contributed by atoms with Gasteiger partial charge in [0.15, 0.2) is 0 Å². The lowest BCUT2D eigenvalue weighted by Crippen LogP contribution is -2.04. The summed E-state index contributed by atoms with van der Waals surface area (Å²) in [6.07, 6.45) is 1.59. The van der Waals surface area contributed by atoms with Gasteiger partial charge in [0.2, 0.25) is 0 Å². The van der Waals surface area contributed by atoms with Crippen LogP contribution >= 0.6 is 11.6 Å². The summed E-state index contributed by atoms with van der Waals surface area (Å²) in [6, 6.07) is 9.13. The van der Waals surface area contributed by atoms with E-state index in [9.17, 15) is 13.2 Å². The minimum Gasteiger partial charge on any atom is -0.434 e. The van der Waals surface area contributed by atoms with Gasteiger partial charge in [-0.2, -0.15) is 8.78 Å². The summed E-state index contributed by atoms with van der Waals surface area (Å²) >= 11 is 6.10. The van der Waals surface area contributed by atoms with E-state index in [1.165, 1.54) is 0 Å². The molecule has 0 N–H and O–H groups in total. The van der Waals surface area contributed by atoms with Crippen molar-refractivity contribution in [3.8, 4) is 16.9 Å². The van der Waals surface area contributed by atoms with Crippen LogP contribution in [0.15, 0.2) is 42.6 Å². The molecule has 23 heavy (non-hydrogen) atoms. The number of ether oxygens (including phenoxy) is 1. The predicted octanol–water partition coefficient (Wildman–Crippen LogP) is 5.60. The number of pyridine rings is 1. The van der Waals surface area contributed by atoms with Crippen molar-refractivity contribution in [2.75, 3.05) is 0 Å². The van der Waals surface area contributed by atoms with E-state index in [-0.39, 0.29) is 16.3 Å². The zero-order valence-electron chi connectivity index (χ0n) is 12.0. The van der Waals surface area contributed by atoms with E-state index >= 15 is 0 Å². The van der Waals surface area contributed by atoms with Crippen LogP contribution in [0.3, 0.4) is 0 Å². The average molecular weight is 338 g/mol. The Bertz CT molecular complexity index is 883. The standard InChI is InChI=1S/C17H11ClF3NO/c1-9-4-5-12(16-11(9)3-2-6-22-16)15-13(18)7-10(19)8-14(15)23-17(20)21/h2-8,17H,1H3. The molecule has 1 aromatic heterocycles. The highest BCUT2D eigenvalue weighted by atomic mass is 35.5. The molecule has 0 atom stereocenters. The summed E-state index contributed by atoms with van der Waals surface area (Å²) in [7, 11) is 0. The van der Waals surface area contributed by atoms with Crippen molar-refractivity contribution in [2.45, 2.75) is 13.5 Å². The highest BCUT2D eigenvalue weighted by Crippen LogP contribution is 2.41. The fraction of sp³-hybridized carbons (Fsp3) is 0.118. The number of hydrogen-bond donors (Lipinski definition) is 0. The van der Waals surface area contributed by atoms with Gasteiger partial charge in [0.05, 0.1) is 10.5 Å². The molecule has 3 aromatic rings. The summed E-state index contributed by atoms with van der Waals surface area (Å²) in [4.78, 5) is 4.31. The van der Waals surface area contributed by atoms with Gasteiger partial charge in [0.25, 0.3) is 0 Å². The van der Waals surface area contributed by atoms with Crippen LogP contribution in [0.25, 0.3) is 22.0 Å². The number of nitrogens with zero attached hydrogens (tertiary/aromatic N) is 1. The minimum absolute atomic E-state index is 0.0172. The van der Waals surface area contributed by atoms with Crippen molar-refractivity contribution in [3.05, 3.63) is 59.0 Å². The molecule has 0 saturated heterocycles. The second kappa shape index (κ2) is 6.08. The number of halogens is 4. The lowest BCUT2D eigenvalue weighted by atomic mass is 9.98. The Balaban J connectivity index is 2.33. The lowest BCUT2D eigenvalue weighted by Gasteiger charge is -2.15. The molecule has 2 aromatic carbocycles. The van der Waals surface area contributed by atoms with Crippen LogP contribution in [-0.4, -0.2) is 11.6 Å². The van der Waals surface area contributed by atoms with Crippen molar-refractivity contribution in [3.63, 3.8) is 0 Å². The molecule has 2 nitrogen and oxygen atoms in total. The van der Waals surface area contributed by atoms with E-state index in [2.05, 4.69) is 9.72 Å². The SMILES string of the molecule is Cc1ccc(-c2c(Cl)cc(F)cc2OC(F)F)c2ncccc12. The zero-order valence-corrected chi connectivity index (χ0v) is 12.7. The van der Waals surface area contributed by atoms with Crippen molar-refractivity contribution < 1.29 is 17.9 Å². The summed E-state index contributed by atoms with van der Waals surface area (Å²) in [6.45, 7) is -1.17. The summed E-state index contributed by atoms with van der Waals surface area (Å²) in [5, 5.41) is 0.838. The van der Waals surface area contributed by atoms with E-state index < -0.39 is 12.4 Å². The molecule has 0 radical (unpaired) electrons. The second-order valence-electron chi connectivity index (χ2n) is 4.97. The van der Waals surface area contributed by atoms with E-state index in [1.54, 1.807) is 18.3 Å². The van der Waals surface area contributed by atoms with Crippen molar-refractivity contribution in [1.82, 2.24) is 4.98 Å². The molecule has 0 aliphatic rings. The topological polar surface area (TPSA) is 22.1 Å². The molecule has 0 unspecified atom stereocenters. The molecular formula is C17H11ClF3NO. The first-order chi connectivity index (χ1) is 11.0. The summed E-state index contributed by atoms with van der Waals surface area (Å²) in [5.74, 6) is -1.07. The molecular weight excluding hydrogens is 327 g/mol. The minimum atomic E-state index is -3.09. The van der Waals surface area contributed by atoms with Crippen LogP contribution in [0.5, 0.6) is 5.75 Å². The van der Waals surface area contributed by atoms with E-state index in [0.29, 0.717) is 11.1 Å². The number of rotatable bonds is 3. The first-order valence-electron chi connectivity index (χ1n) is 6.76. The average Bonchev–Trinajstić information content (AvgIpc) is 2.48. The van der Waals surface area contributed by atoms with Crippen molar-refractivity contribution in [1.29, 1.82) is 0 Å². The maximum atomic E-state index is 13.5. The van der Waals surface area contributed by atoms with Crippen LogP contribution in [-0.2, 0) is 0 Å². The highest BCUT2D eigenvalue weighted by Gasteiger charge is 2.19. The van der Waals surface area contributed by atoms with Crippen LogP contribution in [0, 0.1) is 12.7 Å². The van der Waals surface area contributed by atoms with Gasteiger partial charge in [-0.3, -0.25) is 4.98 Å². The quantitative estimate of drug-likeness (QED) is 0.620. The Morgan fingerprint density at radius 2 is 1.96 bits per heavy atom. The third-order valence-electron chi connectivity index (χ3n) is 3.49. The Labute approximate surface area is 135 Å². The highest BCUT2D eigenvalue weighted by molar-refractivity contribution is 6.34. The van der Waals surface area contributed by atoms with E-state index in [1.807, 2.05) is 19.1 Å². The van der Waals surface area contributed by atoms with Gasteiger partial charge in [-0.05, 0) is 24.6 Å². The Morgan fingerprint density at radius 3 is 2.70 bits per heavy atom. The van der Waals surface area contributed by atoms with Crippen LogP contribution in [0.4, 0.5) is 13.2 Å². The fourth-order valence-electron chi connectivity index (χ4n) is 2.52. The summed E-state index contributed by atoms with van der Waals surface area (Å²) in [5.41, 5.74) is 2.26. The number of aromatic nitrogens is 1. The molecule has 118 valence electrons. The van der Waals surface area contributed by atoms with Gasteiger partial charge in [-0.25, -0.2) is 4.39 Å². The molecule has 3 rings (SSSR count). The molecule has 0 bridgehead atoms. The molecule has 0 aliphatic heterocycles. The molecule has 0 amide bonds. The van der Waals surface area contributed by atoms with Crippen LogP contribution in [0.1, 0.15) is 5.56 Å². The van der Waals surface area contributed by atoms with E-state index in [4.69, 9.17) is 11.6 Å². The third kappa shape index (κ3) is 2.97. The fourth-order valence-corrected chi connectivity index (χ4v) is 2.82. The maximum Gasteiger partial charge on any atom is 0.387 e. The second-order valence-corrected chi connectivity index (χ2v) is 5.38. The normalized spacial score (nSPS) is 11.2. The number of alkyl halides is 2. The predicted molar refractivity (Wildman–Crippen MR) is 83.5 cm³/mol. The maximum absolute atomic E-state index is 13.5. The van der Waals surface area contributed by atoms with Gasteiger partial charge in [-0.15, -0.1) is 0 Å². The van der Waals surface area contributed by atoms with Crippen LogP contribution in [0.2, 0.25) is 5.02 Å². The third-order valence-corrected chi connectivity index (χ3v) is 3.79. The molecule has 0 spiro atoms. The van der Waals surface area contributed by atoms with Crippen molar-refractivity contribution >= 4 is 22.5 Å². The zero-order chi connectivity index (χ0) is 16.6. The number of aryl methyl sites for hydroxylation is 1. The first-order valence-corrected chi connectivity index (χ1v) is 7.13. The Hall–Kier alpha value is -2.27. The Morgan fingerprint density at radius 1 is 1.17 bits per heavy atom. The van der Waals surface area contributed by atoms with Gasteiger partial charge >= 0.3 is 6.61 Å². The lowest BCUT2D eigenvalue weighted by molar-refractivity contribution is -0.0495. The number of hydrogen-bond acceptors (Lipinski definition) is 2. The number of fused-ring (bicyclic) bond motifs is 1. The Kier molecular flexibility index (Phi) is 4.13. The van der Waals surface area contributed by atoms with Gasteiger partial charge in [0, 0.05) is 28.8 Å².